The number of halogens is 3. The van der Waals surface area contributed by atoms with Gasteiger partial charge in [0.25, 0.3) is 5.91 Å². The first kappa shape index (κ1) is 23.9. The minimum absolute atomic E-state index is 0.00452. The van der Waals surface area contributed by atoms with Crippen molar-refractivity contribution in [2.24, 2.45) is 0 Å². The van der Waals surface area contributed by atoms with E-state index in [0.29, 0.717) is 27.3 Å². The number of aryl methyl sites for hydroxylation is 1. The van der Waals surface area contributed by atoms with Gasteiger partial charge in [0.1, 0.15) is 11.6 Å². The highest BCUT2D eigenvalue weighted by atomic mass is 35.5. The molecule has 0 atom stereocenters. The molecular weight excluding hydrogens is 489 g/mol. The summed E-state index contributed by atoms with van der Waals surface area (Å²) in [5.74, 6) is -0.482. The van der Waals surface area contributed by atoms with Crippen LogP contribution in [0.1, 0.15) is 22.4 Å². The molecule has 0 saturated carbocycles. The van der Waals surface area contributed by atoms with Gasteiger partial charge in [0.2, 0.25) is 0 Å². The van der Waals surface area contributed by atoms with Gasteiger partial charge in [-0.1, -0.05) is 59.1 Å². The van der Waals surface area contributed by atoms with E-state index in [9.17, 15) is 10.1 Å². The topological polar surface area (TPSA) is 57.8 Å². The Kier molecular flexibility index (Phi) is 7.00. The maximum absolute atomic E-state index is 12.9. The number of nitriles is 1. The first-order valence-corrected chi connectivity index (χ1v) is 11.6. The molecule has 34 heavy (non-hydrogen) atoms. The molecule has 1 heterocycles. The van der Waals surface area contributed by atoms with E-state index in [4.69, 9.17) is 34.8 Å². The number of benzene rings is 3. The van der Waals surface area contributed by atoms with E-state index in [0.717, 1.165) is 33.3 Å². The van der Waals surface area contributed by atoms with Gasteiger partial charge in [0.15, 0.2) is 0 Å². The molecular formula is C27H20Cl3N3O. The van der Waals surface area contributed by atoms with Crippen molar-refractivity contribution in [3.63, 3.8) is 0 Å². The van der Waals surface area contributed by atoms with Crippen molar-refractivity contribution >= 4 is 63.4 Å². The number of carbonyl (C=O) groups is 1. The first-order chi connectivity index (χ1) is 16.3. The molecule has 3 aromatic carbocycles. The van der Waals surface area contributed by atoms with Gasteiger partial charge in [-0.3, -0.25) is 4.79 Å². The highest BCUT2D eigenvalue weighted by Crippen LogP contribution is 2.31. The number of amides is 1. The molecule has 1 N–H and O–H groups in total. The van der Waals surface area contributed by atoms with Crippen LogP contribution in [0.15, 0.2) is 66.2 Å². The van der Waals surface area contributed by atoms with Crippen molar-refractivity contribution in [2.45, 2.75) is 20.4 Å². The zero-order valence-electron chi connectivity index (χ0n) is 18.5. The fourth-order valence-electron chi connectivity index (χ4n) is 3.91. The molecule has 0 bridgehead atoms. The third-order valence-electron chi connectivity index (χ3n) is 5.71. The normalized spacial score (nSPS) is 11.5. The van der Waals surface area contributed by atoms with E-state index < -0.39 is 5.91 Å². The lowest BCUT2D eigenvalue weighted by atomic mass is 10.1. The fraction of sp³-hybridized carbons (Fsp3) is 0.111. The van der Waals surface area contributed by atoms with E-state index in [1.165, 1.54) is 0 Å². The quantitative estimate of drug-likeness (QED) is 0.221. The van der Waals surface area contributed by atoms with Crippen LogP contribution in [0.5, 0.6) is 0 Å². The third-order valence-corrected chi connectivity index (χ3v) is 6.54. The Morgan fingerprint density at radius 2 is 1.74 bits per heavy atom. The highest BCUT2D eigenvalue weighted by molar-refractivity contribution is 6.35. The summed E-state index contributed by atoms with van der Waals surface area (Å²) >= 11 is 18.5. The van der Waals surface area contributed by atoms with Crippen LogP contribution in [0.25, 0.3) is 17.0 Å². The standard InChI is InChI=1S/C27H20Cl3N3O/c1-16-11-20(28)9-10-25(16)32-27(34)19(14-31)12-23-17(2)33(26-6-4-3-5-22(23)26)15-18-7-8-21(29)13-24(18)30/h3-13H,15H2,1-2H3,(H,32,34)/b19-12+. The molecule has 1 amide bonds. The predicted octanol–water partition coefficient (Wildman–Crippen LogP) is 7.81. The van der Waals surface area contributed by atoms with Crippen molar-refractivity contribution in [1.82, 2.24) is 4.57 Å². The number of hydrogen-bond donors (Lipinski definition) is 1. The second-order valence-electron chi connectivity index (χ2n) is 7.92. The molecule has 0 aliphatic heterocycles. The van der Waals surface area contributed by atoms with E-state index in [2.05, 4.69) is 9.88 Å². The summed E-state index contributed by atoms with van der Waals surface area (Å²) < 4.78 is 2.12. The zero-order chi connectivity index (χ0) is 24.4. The number of nitrogens with zero attached hydrogens (tertiary/aromatic N) is 2. The van der Waals surface area contributed by atoms with Gasteiger partial charge in [0, 0.05) is 49.5 Å². The molecule has 0 spiro atoms. The zero-order valence-corrected chi connectivity index (χ0v) is 20.8. The number of fused-ring (bicyclic) bond motifs is 1. The number of anilines is 1. The molecule has 0 fully saturated rings. The SMILES string of the molecule is Cc1cc(Cl)ccc1NC(=O)/C(C#N)=C/c1c(C)n(Cc2ccc(Cl)cc2Cl)c2ccccc12. The van der Waals surface area contributed by atoms with Crippen LogP contribution >= 0.6 is 34.8 Å². The molecule has 0 unspecified atom stereocenters. The summed E-state index contributed by atoms with van der Waals surface area (Å²) in [4.78, 5) is 12.9. The van der Waals surface area contributed by atoms with Crippen molar-refractivity contribution in [3.8, 4) is 6.07 Å². The monoisotopic (exact) mass is 507 g/mol. The average molecular weight is 509 g/mol. The molecule has 0 radical (unpaired) electrons. The number of aromatic nitrogens is 1. The van der Waals surface area contributed by atoms with Crippen molar-refractivity contribution in [2.75, 3.05) is 5.32 Å². The van der Waals surface area contributed by atoms with Crippen molar-refractivity contribution in [3.05, 3.63) is 104 Å². The Morgan fingerprint density at radius 3 is 2.44 bits per heavy atom. The fourth-order valence-corrected chi connectivity index (χ4v) is 4.61. The lowest BCUT2D eigenvalue weighted by Gasteiger charge is -2.11. The van der Waals surface area contributed by atoms with E-state index in [1.807, 2.05) is 56.3 Å². The second kappa shape index (κ2) is 9.95. The molecule has 4 aromatic rings. The van der Waals surface area contributed by atoms with Crippen LogP contribution < -0.4 is 5.32 Å². The number of carbonyl (C=O) groups excluding carboxylic acids is 1. The summed E-state index contributed by atoms with van der Waals surface area (Å²) in [6.45, 7) is 4.33. The number of nitrogens with one attached hydrogen (secondary N) is 1. The minimum atomic E-state index is -0.482. The van der Waals surface area contributed by atoms with Crippen LogP contribution in [0.2, 0.25) is 15.1 Å². The van der Waals surface area contributed by atoms with Gasteiger partial charge in [0.05, 0.1) is 0 Å². The van der Waals surface area contributed by atoms with E-state index in [1.54, 1.807) is 30.3 Å². The molecule has 0 aliphatic rings. The van der Waals surface area contributed by atoms with E-state index in [-0.39, 0.29) is 5.57 Å². The number of para-hydroxylation sites is 1. The number of rotatable bonds is 5. The summed E-state index contributed by atoms with van der Waals surface area (Å²) in [6.07, 6.45) is 1.64. The second-order valence-corrected chi connectivity index (χ2v) is 9.20. The van der Waals surface area contributed by atoms with Gasteiger partial charge in [-0.15, -0.1) is 0 Å². The van der Waals surface area contributed by atoms with Gasteiger partial charge in [-0.05, 0) is 67.4 Å². The summed E-state index contributed by atoms with van der Waals surface area (Å²) in [5, 5.41) is 15.3. The van der Waals surface area contributed by atoms with Gasteiger partial charge in [-0.2, -0.15) is 5.26 Å². The van der Waals surface area contributed by atoms with Crippen LogP contribution in [0.4, 0.5) is 5.69 Å². The van der Waals surface area contributed by atoms with E-state index >= 15 is 0 Å². The minimum Gasteiger partial charge on any atom is -0.340 e. The molecule has 170 valence electrons. The molecule has 1 aromatic heterocycles. The highest BCUT2D eigenvalue weighted by Gasteiger charge is 2.17. The Balaban J connectivity index is 1.75. The summed E-state index contributed by atoms with van der Waals surface area (Å²) in [5.41, 5.74) is 5.03. The van der Waals surface area contributed by atoms with Crippen LogP contribution in [0, 0.1) is 25.2 Å². The maximum Gasteiger partial charge on any atom is 0.266 e. The average Bonchev–Trinajstić information content (AvgIpc) is 3.06. The Hall–Kier alpha value is -3.23. The van der Waals surface area contributed by atoms with Crippen LogP contribution in [-0.4, -0.2) is 10.5 Å². The van der Waals surface area contributed by atoms with Gasteiger partial charge in [-0.25, -0.2) is 0 Å². The lowest BCUT2D eigenvalue weighted by molar-refractivity contribution is -0.112. The predicted molar refractivity (Wildman–Crippen MR) is 141 cm³/mol. The smallest absolute Gasteiger partial charge is 0.266 e. The number of hydrogen-bond acceptors (Lipinski definition) is 2. The largest absolute Gasteiger partial charge is 0.340 e. The molecule has 4 rings (SSSR count). The summed E-state index contributed by atoms with van der Waals surface area (Å²) in [6, 6.07) is 20.5. The molecule has 0 aliphatic carbocycles. The maximum atomic E-state index is 12.9. The van der Waals surface area contributed by atoms with Gasteiger partial charge >= 0.3 is 0 Å². The van der Waals surface area contributed by atoms with Crippen molar-refractivity contribution in [1.29, 1.82) is 5.26 Å². The lowest BCUT2D eigenvalue weighted by Crippen LogP contribution is -2.14. The molecule has 0 saturated heterocycles. The third kappa shape index (κ3) is 4.83. The Bertz CT molecular complexity index is 1500. The first-order valence-electron chi connectivity index (χ1n) is 10.5. The Morgan fingerprint density at radius 1 is 1.03 bits per heavy atom. The summed E-state index contributed by atoms with van der Waals surface area (Å²) in [7, 11) is 0. The van der Waals surface area contributed by atoms with Gasteiger partial charge < -0.3 is 9.88 Å². The molecule has 7 heteroatoms. The van der Waals surface area contributed by atoms with Crippen molar-refractivity contribution < 1.29 is 4.79 Å². The Labute approximate surface area is 213 Å². The molecule has 4 nitrogen and oxygen atoms in total. The van der Waals surface area contributed by atoms with Crippen LogP contribution in [0.3, 0.4) is 0 Å². The van der Waals surface area contributed by atoms with Crippen LogP contribution in [-0.2, 0) is 11.3 Å².